The van der Waals surface area contributed by atoms with Crippen LogP contribution in [0.5, 0.6) is 0 Å². The van der Waals surface area contributed by atoms with Crippen LogP contribution < -0.4 is 5.32 Å². The Bertz CT molecular complexity index is 704. The van der Waals surface area contributed by atoms with Crippen molar-refractivity contribution < 1.29 is 9.59 Å². The summed E-state index contributed by atoms with van der Waals surface area (Å²) in [5.41, 5.74) is 0.939. The topological polar surface area (TPSA) is 49.4 Å². The summed E-state index contributed by atoms with van der Waals surface area (Å²) in [5.74, 6) is -0.182. The third-order valence-corrected chi connectivity index (χ3v) is 5.06. The third kappa shape index (κ3) is 5.92. The average Bonchev–Trinajstić information content (AvgIpc) is 2.64. The Labute approximate surface area is 160 Å². The minimum absolute atomic E-state index is 0.0496. The van der Waals surface area contributed by atoms with Gasteiger partial charge in [0.1, 0.15) is 5.25 Å². The number of carbonyl (C=O) groups is 2. The average molecular weight is 371 g/mol. The lowest BCUT2D eigenvalue weighted by molar-refractivity contribution is -0.135. The standard InChI is InChI=1S/C21H26N2O2S/c1-4-23(15-19(24)22-16(2)3)21(25)20(17-11-7-5-8-12-17)26-18-13-9-6-10-14-18/h5-14,16,20H,4,15H2,1-3H3,(H,22,24). The van der Waals surface area contributed by atoms with Gasteiger partial charge in [-0.3, -0.25) is 9.59 Å². The number of amides is 2. The van der Waals surface area contributed by atoms with E-state index in [-0.39, 0.29) is 29.7 Å². The summed E-state index contributed by atoms with van der Waals surface area (Å²) in [6.45, 7) is 6.28. The molecule has 2 amide bonds. The fourth-order valence-electron chi connectivity index (χ4n) is 2.58. The lowest BCUT2D eigenvalue weighted by Gasteiger charge is -2.26. The first-order chi connectivity index (χ1) is 12.5. The minimum atomic E-state index is -0.384. The highest BCUT2D eigenvalue weighted by Crippen LogP contribution is 2.36. The summed E-state index contributed by atoms with van der Waals surface area (Å²) in [6, 6.07) is 19.6. The van der Waals surface area contributed by atoms with Gasteiger partial charge < -0.3 is 10.2 Å². The van der Waals surface area contributed by atoms with Crippen LogP contribution in [0.4, 0.5) is 0 Å². The predicted molar refractivity (Wildman–Crippen MR) is 107 cm³/mol. The summed E-state index contributed by atoms with van der Waals surface area (Å²) >= 11 is 1.51. The molecule has 0 aliphatic carbocycles. The molecule has 0 aliphatic heterocycles. The summed E-state index contributed by atoms with van der Waals surface area (Å²) in [4.78, 5) is 28.0. The molecule has 138 valence electrons. The van der Waals surface area contributed by atoms with Gasteiger partial charge in [0.2, 0.25) is 11.8 Å². The summed E-state index contributed by atoms with van der Waals surface area (Å²) in [6.07, 6.45) is 0. The molecule has 26 heavy (non-hydrogen) atoms. The van der Waals surface area contributed by atoms with Crippen LogP contribution in [0.2, 0.25) is 0 Å². The molecule has 0 aliphatic rings. The van der Waals surface area contributed by atoms with E-state index in [1.54, 1.807) is 4.90 Å². The van der Waals surface area contributed by atoms with E-state index >= 15 is 0 Å². The summed E-state index contributed by atoms with van der Waals surface area (Å²) in [7, 11) is 0. The molecular weight excluding hydrogens is 344 g/mol. The Morgan fingerprint density at radius 1 is 1.00 bits per heavy atom. The fourth-order valence-corrected chi connectivity index (χ4v) is 3.71. The molecule has 0 saturated carbocycles. The Balaban J connectivity index is 2.22. The Morgan fingerprint density at radius 3 is 2.12 bits per heavy atom. The first kappa shape index (κ1) is 20.0. The molecule has 1 atom stereocenters. The molecule has 2 rings (SSSR count). The van der Waals surface area contributed by atoms with Crippen LogP contribution in [0.25, 0.3) is 0 Å². The molecule has 1 unspecified atom stereocenters. The number of hydrogen-bond acceptors (Lipinski definition) is 3. The minimum Gasteiger partial charge on any atom is -0.352 e. The van der Waals surface area contributed by atoms with Crippen molar-refractivity contribution in [3.8, 4) is 0 Å². The van der Waals surface area contributed by atoms with Crippen LogP contribution in [-0.2, 0) is 9.59 Å². The van der Waals surface area contributed by atoms with Crippen molar-refractivity contribution in [1.29, 1.82) is 0 Å². The second-order valence-electron chi connectivity index (χ2n) is 6.30. The number of benzene rings is 2. The molecular formula is C21H26N2O2S. The predicted octanol–water partition coefficient (Wildman–Crippen LogP) is 3.89. The molecule has 2 aromatic rings. The first-order valence-electron chi connectivity index (χ1n) is 8.86. The van der Waals surface area contributed by atoms with E-state index < -0.39 is 0 Å². The maximum absolute atomic E-state index is 13.2. The third-order valence-electron chi connectivity index (χ3n) is 3.80. The highest BCUT2D eigenvalue weighted by Gasteiger charge is 2.27. The highest BCUT2D eigenvalue weighted by atomic mass is 32.2. The maximum atomic E-state index is 13.2. The lowest BCUT2D eigenvalue weighted by atomic mass is 10.1. The Kier molecular flexibility index (Phi) is 7.73. The van der Waals surface area contributed by atoms with Crippen molar-refractivity contribution in [2.24, 2.45) is 0 Å². The van der Waals surface area contributed by atoms with Gasteiger partial charge in [-0.1, -0.05) is 48.5 Å². The van der Waals surface area contributed by atoms with Gasteiger partial charge in [-0.05, 0) is 38.5 Å². The quantitative estimate of drug-likeness (QED) is 0.717. The monoisotopic (exact) mass is 370 g/mol. The number of nitrogens with one attached hydrogen (secondary N) is 1. The molecule has 5 heteroatoms. The summed E-state index contributed by atoms with van der Waals surface area (Å²) < 4.78 is 0. The number of carbonyl (C=O) groups excluding carboxylic acids is 2. The van der Waals surface area contributed by atoms with E-state index in [4.69, 9.17) is 0 Å². The molecule has 0 spiro atoms. The van der Waals surface area contributed by atoms with Crippen LogP contribution >= 0.6 is 11.8 Å². The number of hydrogen-bond donors (Lipinski definition) is 1. The van der Waals surface area contributed by atoms with Crippen LogP contribution in [0.3, 0.4) is 0 Å². The van der Waals surface area contributed by atoms with Gasteiger partial charge in [0.15, 0.2) is 0 Å². The van der Waals surface area contributed by atoms with Crippen molar-refractivity contribution in [2.45, 2.75) is 37.0 Å². The van der Waals surface area contributed by atoms with Gasteiger partial charge in [-0.15, -0.1) is 11.8 Å². The van der Waals surface area contributed by atoms with Crippen molar-refractivity contribution in [1.82, 2.24) is 10.2 Å². The van der Waals surface area contributed by atoms with Crippen LogP contribution in [0.1, 0.15) is 31.6 Å². The number of likely N-dealkylation sites (N-methyl/N-ethyl adjacent to an activating group) is 1. The molecule has 1 N–H and O–H groups in total. The molecule has 0 fully saturated rings. The van der Waals surface area contributed by atoms with E-state index in [1.807, 2.05) is 81.4 Å². The largest absolute Gasteiger partial charge is 0.352 e. The molecule has 0 heterocycles. The zero-order valence-electron chi connectivity index (χ0n) is 15.5. The number of thioether (sulfide) groups is 1. The number of nitrogens with zero attached hydrogens (tertiary/aromatic N) is 1. The Morgan fingerprint density at radius 2 is 1.58 bits per heavy atom. The van der Waals surface area contributed by atoms with Crippen molar-refractivity contribution in [2.75, 3.05) is 13.1 Å². The second-order valence-corrected chi connectivity index (χ2v) is 7.47. The molecule has 0 aromatic heterocycles. The normalized spacial score (nSPS) is 11.8. The molecule has 0 radical (unpaired) electrons. The summed E-state index contributed by atoms with van der Waals surface area (Å²) in [5, 5.41) is 2.47. The molecule has 2 aromatic carbocycles. The van der Waals surface area contributed by atoms with Crippen molar-refractivity contribution in [3.63, 3.8) is 0 Å². The van der Waals surface area contributed by atoms with Crippen LogP contribution in [-0.4, -0.2) is 35.8 Å². The van der Waals surface area contributed by atoms with Gasteiger partial charge >= 0.3 is 0 Å². The van der Waals surface area contributed by atoms with Gasteiger partial charge in [0.05, 0.1) is 6.54 Å². The van der Waals surface area contributed by atoms with Crippen molar-refractivity contribution >= 4 is 23.6 Å². The molecule has 0 saturated heterocycles. The SMILES string of the molecule is CCN(CC(=O)NC(C)C)C(=O)C(Sc1ccccc1)c1ccccc1. The van der Waals surface area contributed by atoms with E-state index in [1.165, 1.54) is 11.8 Å². The van der Waals surface area contributed by atoms with E-state index in [0.717, 1.165) is 10.5 Å². The van der Waals surface area contributed by atoms with Gasteiger partial charge in [-0.2, -0.15) is 0 Å². The first-order valence-corrected chi connectivity index (χ1v) is 9.74. The zero-order valence-corrected chi connectivity index (χ0v) is 16.3. The van der Waals surface area contributed by atoms with Gasteiger partial charge in [-0.25, -0.2) is 0 Å². The molecule has 0 bridgehead atoms. The van der Waals surface area contributed by atoms with Crippen LogP contribution in [0.15, 0.2) is 65.6 Å². The van der Waals surface area contributed by atoms with Crippen molar-refractivity contribution in [3.05, 3.63) is 66.2 Å². The lowest BCUT2D eigenvalue weighted by Crippen LogP contribution is -2.43. The molecule has 4 nitrogen and oxygen atoms in total. The Hall–Kier alpha value is -2.27. The highest BCUT2D eigenvalue weighted by molar-refractivity contribution is 8.00. The smallest absolute Gasteiger partial charge is 0.241 e. The van der Waals surface area contributed by atoms with Crippen LogP contribution in [0, 0.1) is 0 Å². The van der Waals surface area contributed by atoms with E-state index in [9.17, 15) is 9.59 Å². The van der Waals surface area contributed by atoms with E-state index in [0.29, 0.717) is 6.54 Å². The van der Waals surface area contributed by atoms with Gasteiger partial charge in [0.25, 0.3) is 0 Å². The maximum Gasteiger partial charge on any atom is 0.241 e. The van der Waals surface area contributed by atoms with Gasteiger partial charge in [0, 0.05) is 17.5 Å². The zero-order chi connectivity index (χ0) is 18.9. The fraction of sp³-hybridized carbons (Fsp3) is 0.333. The number of rotatable bonds is 8. The van der Waals surface area contributed by atoms with E-state index in [2.05, 4.69) is 5.32 Å². The second kappa shape index (κ2) is 10.0.